The minimum Gasteiger partial charge on any atom is -0.443 e. The normalized spacial score (nSPS) is 10.6. The second-order valence-electron chi connectivity index (χ2n) is 5.32. The Morgan fingerprint density at radius 2 is 1.95 bits per heavy atom. The highest BCUT2D eigenvalue weighted by Crippen LogP contribution is 2.17. The Hall–Kier alpha value is -2.82. The fourth-order valence-electron chi connectivity index (χ4n) is 2.24. The summed E-state index contributed by atoms with van der Waals surface area (Å²) in [6.07, 6.45) is 1.70. The summed E-state index contributed by atoms with van der Waals surface area (Å²) < 4.78 is 5.25. The number of oxazole rings is 1. The number of benzene rings is 2. The van der Waals surface area contributed by atoms with Crippen LogP contribution in [0.5, 0.6) is 0 Å². The molecule has 0 bridgehead atoms. The van der Waals surface area contributed by atoms with Crippen molar-refractivity contribution in [1.29, 1.82) is 0 Å². The Morgan fingerprint density at radius 3 is 2.68 bits per heavy atom. The summed E-state index contributed by atoms with van der Waals surface area (Å²) in [7, 11) is 3.96. The first kappa shape index (κ1) is 14.1. The lowest BCUT2D eigenvalue weighted by atomic mass is 10.1. The molecular formula is C17H17N3O2. The maximum atomic E-state index is 12.1. The molecule has 22 heavy (non-hydrogen) atoms. The first-order chi connectivity index (χ1) is 10.6. The van der Waals surface area contributed by atoms with Crippen LogP contribution in [0.25, 0.3) is 11.1 Å². The largest absolute Gasteiger partial charge is 0.443 e. The first-order valence-corrected chi connectivity index (χ1v) is 7.01. The number of hydrogen-bond donors (Lipinski definition) is 1. The maximum Gasteiger partial charge on any atom is 0.228 e. The lowest BCUT2D eigenvalue weighted by Crippen LogP contribution is -2.14. The van der Waals surface area contributed by atoms with E-state index in [1.54, 1.807) is 0 Å². The SMILES string of the molecule is CN(C)c1ccc(NC(=O)Cc2ccc3ncoc3c2)cc1. The van der Waals surface area contributed by atoms with Crippen molar-refractivity contribution in [3.05, 3.63) is 54.4 Å². The average Bonchev–Trinajstić information content (AvgIpc) is 2.95. The highest BCUT2D eigenvalue weighted by molar-refractivity contribution is 5.92. The van der Waals surface area contributed by atoms with E-state index in [-0.39, 0.29) is 5.91 Å². The van der Waals surface area contributed by atoms with Crippen molar-refractivity contribution in [3.8, 4) is 0 Å². The van der Waals surface area contributed by atoms with E-state index in [1.807, 2.05) is 61.5 Å². The van der Waals surface area contributed by atoms with Crippen molar-refractivity contribution in [2.45, 2.75) is 6.42 Å². The molecule has 1 N–H and O–H groups in total. The Balaban J connectivity index is 1.66. The molecule has 3 aromatic rings. The van der Waals surface area contributed by atoms with Crippen LogP contribution in [0.2, 0.25) is 0 Å². The Bertz CT molecular complexity index is 791. The van der Waals surface area contributed by atoms with Crippen LogP contribution in [-0.4, -0.2) is 25.0 Å². The van der Waals surface area contributed by atoms with Gasteiger partial charge in [0, 0.05) is 25.5 Å². The molecule has 0 atom stereocenters. The molecule has 0 aliphatic carbocycles. The topological polar surface area (TPSA) is 58.4 Å². The van der Waals surface area contributed by atoms with Gasteiger partial charge < -0.3 is 14.6 Å². The average molecular weight is 295 g/mol. The molecule has 1 heterocycles. The summed E-state index contributed by atoms with van der Waals surface area (Å²) in [5.74, 6) is -0.0588. The predicted molar refractivity (Wildman–Crippen MR) is 87.1 cm³/mol. The highest BCUT2D eigenvalue weighted by Gasteiger charge is 2.07. The highest BCUT2D eigenvalue weighted by atomic mass is 16.3. The monoisotopic (exact) mass is 295 g/mol. The van der Waals surface area contributed by atoms with Crippen LogP contribution in [0.1, 0.15) is 5.56 Å². The van der Waals surface area contributed by atoms with E-state index in [4.69, 9.17) is 4.42 Å². The Kier molecular flexibility index (Phi) is 3.78. The van der Waals surface area contributed by atoms with Gasteiger partial charge in [-0.05, 0) is 42.0 Å². The van der Waals surface area contributed by atoms with Gasteiger partial charge in [-0.3, -0.25) is 4.79 Å². The van der Waals surface area contributed by atoms with E-state index < -0.39 is 0 Å². The molecule has 0 spiro atoms. The van der Waals surface area contributed by atoms with Crippen molar-refractivity contribution in [2.24, 2.45) is 0 Å². The van der Waals surface area contributed by atoms with Crippen LogP contribution in [-0.2, 0) is 11.2 Å². The van der Waals surface area contributed by atoms with Gasteiger partial charge in [0.05, 0.1) is 6.42 Å². The van der Waals surface area contributed by atoms with Gasteiger partial charge in [0.25, 0.3) is 0 Å². The molecule has 112 valence electrons. The maximum absolute atomic E-state index is 12.1. The molecule has 3 rings (SSSR count). The summed E-state index contributed by atoms with van der Waals surface area (Å²) in [4.78, 5) is 18.2. The second-order valence-corrected chi connectivity index (χ2v) is 5.32. The molecule has 0 saturated carbocycles. The van der Waals surface area contributed by atoms with Crippen LogP contribution in [0.15, 0.2) is 53.3 Å². The van der Waals surface area contributed by atoms with Gasteiger partial charge in [0.2, 0.25) is 5.91 Å². The van der Waals surface area contributed by atoms with Gasteiger partial charge in [-0.1, -0.05) is 6.07 Å². The van der Waals surface area contributed by atoms with Gasteiger partial charge in [-0.25, -0.2) is 4.98 Å². The van der Waals surface area contributed by atoms with Crippen LogP contribution in [0.3, 0.4) is 0 Å². The van der Waals surface area contributed by atoms with E-state index in [9.17, 15) is 4.79 Å². The van der Waals surface area contributed by atoms with Crippen molar-refractivity contribution in [3.63, 3.8) is 0 Å². The van der Waals surface area contributed by atoms with E-state index in [0.29, 0.717) is 12.0 Å². The van der Waals surface area contributed by atoms with Crippen LogP contribution in [0, 0.1) is 0 Å². The van der Waals surface area contributed by atoms with E-state index in [0.717, 1.165) is 22.5 Å². The van der Waals surface area contributed by atoms with Gasteiger partial charge in [-0.2, -0.15) is 0 Å². The zero-order valence-electron chi connectivity index (χ0n) is 12.5. The lowest BCUT2D eigenvalue weighted by Gasteiger charge is -2.13. The number of rotatable bonds is 4. The molecule has 0 fully saturated rings. The lowest BCUT2D eigenvalue weighted by molar-refractivity contribution is -0.115. The summed E-state index contributed by atoms with van der Waals surface area (Å²) in [6.45, 7) is 0. The molecule has 0 unspecified atom stereocenters. The molecule has 0 radical (unpaired) electrons. The predicted octanol–water partition coefficient (Wildman–Crippen LogP) is 3.08. The Labute approximate surface area is 128 Å². The summed E-state index contributed by atoms with van der Waals surface area (Å²) in [6, 6.07) is 13.3. The first-order valence-electron chi connectivity index (χ1n) is 7.01. The van der Waals surface area contributed by atoms with E-state index in [2.05, 4.69) is 10.3 Å². The molecule has 0 aliphatic heterocycles. The molecule has 1 aromatic heterocycles. The molecular weight excluding hydrogens is 278 g/mol. The number of nitrogens with zero attached hydrogens (tertiary/aromatic N) is 2. The van der Waals surface area contributed by atoms with Gasteiger partial charge in [0.15, 0.2) is 12.0 Å². The zero-order valence-corrected chi connectivity index (χ0v) is 12.5. The fraction of sp³-hybridized carbons (Fsp3) is 0.176. The summed E-state index contributed by atoms with van der Waals surface area (Å²) >= 11 is 0. The molecule has 1 amide bonds. The molecule has 5 nitrogen and oxygen atoms in total. The summed E-state index contributed by atoms with van der Waals surface area (Å²) in [5.41, 5.74) is 4.26. The van der Waals surface area contributed by atoms with Crippen molar-refractivity contribution in [1.82, 2.24) is 4.98 Å². The van der Waals surface area contributed by atoms with Crippen LogP contribution >= 0.6 is 0 Å². The van der Waals surface area contributed by atoms with Crippen molar-refractivity contribution >= 4 is 28.4 Å². The number of nitrogens with one attached hydrogen (secondary N) is 1. The zero-order chi connectivity index (χ0) is 15.5. The second kappa shape index (κ2) is 5.89. The van der Waals surface area contributed by atoms with E-state index in [1.165, 1.54) is 6.39 Å². The van der Waals surface area contributed by atoms with Crippen molar-refractivity contribution in [2.75, 3.05) is 24.3 Å². The van der Waals surface area contributed by atoms with Gasteiger partial charge >= 0.3 is 0 Å². The number of aromatic nitrogens is 1. The third-order valence-electron chi connectivity index (χ3n) is 3.43. The minimum absolute atomic E-state index is 0.0588. The van der Waals surface area contributed by atoms with Gasteiger partial charge in [0.1, 0.15) is 5.52 Å². The quantitative estimate of drug-likeness (QED) is 0.803. The fourth-order valence-corrected chi connectivity index (χ4v) is 2.24. The number of hydrogen-bond acceptors (Lipinski definition) is 4. The number of anilines is 2. The standard InChI is InChI=1S/C17H17N3O2/c1-20(2)14-6-4-13(5-7-14)19-17(21)10-12-3-8-15-16(9-12)22-11-18-15/h3-9,11H,10H2,1-2H3,(H,19,21). The van der Waals surface area contributed by atoms with Gasteiger partial charge in [-0.15, -0.1) is 0 Å². The molecule has 2 aromatic carbocycles. The number of amides is 1. The van der Waals surface area contributed by atoms with Crippen molar-refractivity contribution < 1.29 is 9.21 Å². The third-order valence-corrected chi connectivity index (χ3v) is 3.43. The molecule has 0 aliphatic rings. The number of carbonyl (C=O) groups excluding carboxylic acids is 1. The number of fused-ring (bicyclic) bond motifs is 1. The van der Waals surface area contributed by atoms with E-state index >= 15 is 0 Å². The van der Waals surface area contributed by atoms with Crippen LogP contribution < -0.4 is 10.2 Å². The third kappa shape index (κ3) is 3.09. The molecule has 5 heteroatoms. The molecule has 0 saturated heterocycles. The number of carbonyl (C=O) groups is 1. The summed E-state index contributed by atoms with van der Waals surface area (Å²) in [5, 5.41) is 2.89. The minimum atomic E-state index is -0.0588. The van der Waals surface area contributed by atoms with Crippen LogP contribution in [0.4, 0.5) is 11.4 Å². The Morgan fingerprint density at radius 1 is 1.18 bits per heavy atom. The smallest absolute Gasteiger partial charge is 0.228 e.